The van der Waals surface area contributed by atoms with Gasteiger partial charge in [-0.05, 0) is 47.7 Å². The van der Waals surface area contributed by atoms with E-state index < -0.39 is 15.9 Å². The van der Waals surface area contributed by atoms with Crippen molar-refractivity contribution in [3.8, 4) is 0 Å². The molecule has 1 amide bonds. The number of hydrogen-bond donors (Lipinski definition) is 1. The van der Waals surface area contributed by atoms with Gasteiger partial charge in [-0.3, -0.25) is 9.10 Å². The molecule has 0 radical (unpaired) electrons. The number of rotatable bonds is 6. The number of sulfonamides is 1. The Morgan fingerprint density at radius 2 is 1.62 bits per heavy atom. The summed E-state index contributed by atoms with van der Waals surface area (Å²) >= 11 is 5.85. The summed E-state index contributed by atoms with van der Waals surface area (Å²) in [5, 5.41) is 4.58. The minimum atomic E-state index is -3.65. The van der Waals surface area contributed by atoms with Crippen LogP contribution in [-0.2, 0) is 20.2 Å². The van der Waals surface area contributed by atoms with Crippen LogP contribution in [0.25, 0.3) is 0 Å². The number of nitrogens with one attached hydrogen (secondary N) is 1. The highest BCUT2D eigenvalue weighted by molar-refractivity contribution is 7.92. The third-order valence-corrected chi connectivity index (χ3v) is 5.71. The van der Waals surface area contributed by atoms with Crippen molar-refractivity contribution in [1.82, 2.24) is 5.43 Å². The molecule has 0 aliphatic carbocycles. The average Bonchev–Trinajstić information content (AvgIpc) is 2.63. The first-order valence-corrected chi connectivity index (χ1v) is 11.3. The fraction of sp³-hybridized carbons (Fsp3) is 0.333. The Balaban J connectivity index is 2.10. The van der Waals surface area contributed by atoms with Crippen LogP contribution >= 0.6 is 11.6 Å². The highest BCUT2D eigenvalue weighted by Crippen LogP contribution is 2.22. The maximum atomic E-state index is 12.3. The highest BCUT2D eigenvalue weighted by atomic mass is 35.5. The number of carbonyl (C=O) groups is 1. The molecule has 2 rings (SSSR count). The molecule has 0 unspecified atom stereocenters. The van der Waals surface area contributed by atoms with Gasteiger partial charge in [-0.2, -0.15) is 5.10 Å². The smallest absolute Gasteiger partial charge is 0.260 e. The molecule has 0 aliphatic heterocycles. The molecule has 0 atom stereocenters. The molecule has 0 saturated heterocycles. The van der Waals surface area contributed by atoms with Gasteiger partial charge in [-0.15, -0.1) is 0 Å². The van der Waals surface area contributed by atoms with Crippen molar-refractivity contribution in [3.63, 3.8) is 0 Å². The molecule has 0 saturated carbocycles. The zero-order chi connectivity index (χ0) is 21.8. The number of benzene rings is 2. The molecule has 0 bridgehead atoms. The molecule has 156 valence electrons. The summed E-state index contributed by atoms with van der Waals surface area (Å²) in [5.74, 6) is -0.545. The molecule has 1 N–H and O–H groups in total. The summed E-state index contributed by atoms with van der Waals surface area (Å²) in [4.78, 5) is 12.3. The summed E-state index contributed by atoms with van der Waals surface area (Å²) in [7, 11) is -3.65. The number of anilines is 1. The first-order chi connectivity index (χ1) is 13.4. The van der Waals surface area contributed by atoms with Crippen LogP contribution in [0, 0.1) is 0 Å². The molecule has 2 aromatic rings. The van der Waals surface area contributed by atoms with E-state index in [-0.39, 0.29) is 12.0 Å². The Morgan fingerprint density at radius 1 is 1.07 bits per heavy atom. The van der Waals surface area contributed by atoms with Crippen molar-refractivity contribution < 1.29 is 13.2 Å². The van der Waals surface area contributed by atoms with Gasteiger partial charge in [0.25, 0.3) is 5.91 Å². The molecule has 0 spiro atoms. The Hall–Kier alpha value is -2.38. The van der Waals surface area contributed by atoms with Gasteiger partial charge in [0.2, 0.25) is 10.0 Å². The number of nitrogens with zero attached hydrogens (tertiary/aromatic N) is 2. The Morgan fingerprint density at radius 3 is 2.10 bits per heavy atom. The van der Waals surface area contributed by atoms with E-state index in [1.807, 2.05) is 24.3 Å². The normalized spacial score (nSPS) is 12.6. The van der Waals surface area contributed by atoms with Crippen LogP contribution in [-0.4, -0.2) is 32.8 Å². The van der Waals surface area contributed by atoms with Crippen molar-refractivity contribution in [3.05, 3.63) is 64.7 Å². The summed E-state index contributed by atoms with van der Waals surface area (Å²) in [6.45, 7) is 7.80. The monoisotopic (exact) mass is 435 g/mol. The first-order valence-electron chi connectivity index (χ1n) is 9.05. The van der Waals surface area contributed by atoms with E-state index >= 15 is 0 Å². The van der Waals surface area contributed by atoms with Crippen molar-refractivity contribution in [2.24, 2.45) is 5.10 Å². The number of amides is 1. The standard InChI is InChI=1S/C21H26ClN3O3S/c1-15(16-6-8-17(9-7-16)21(2,3)4)23-24-20(26)14-25(29(5,27)28)19-12-10-18(22)11-13-19/h6-13H,14H2,1-5H3,(H,24,26)/b23-15-. The van der Waals surface area contributed by atoms with E-state index in [1.165, 1.54) is 5.56 Å². The first kappa shape index (κ1) is 22.9. The molecule has 0 fully saturated rings. The lowest BCUT2D eigenvalue weighted by Gasteiger charge is -2.21. The summed E-state index contributed by atoms with van der Waals surface area (Å²) in [6, 6.07) is 14.2. The number of hydrogen-bond acceptors (Lipinski definition) is 4. The van der Waals surface area contributed by atoms with Crippen molar-refractivity contribution in [1.29, 1.82) is 0 Å². The van der Waals surface area contributed by atoms with Crippen molar-refractivity contribution in [2.45, 2.75) is 33.1 Å². The van der Waals surface area contributed by atoms with Gasteiger partial charge in [0.1, 0.15) is 6.54 Å². The fourth-order valence-corrected chi connectivity index (χ4v) is 3.58. The summed E-state index contributed by atoms with van der Waals surface area (Å²) in [5.41, 5.74) is 5.52. The second kappa shape index (κ2) is 8.97. The fourth-order valence-electron chi connectivity index (χ4n) is 2.60. The number of carbonyl (C=O) groups excluding carboxylic acids is 1. The molecule has 0 aromatic heterocycles. The van der Waals surface area contributed by atoms with Gasteiger partial charge in [0.15, 0.2) is 0 Å². The van der Waals surface area contributed by atoms with Gasteiger partial charge >= 0.3 is 0 Å². The van der Waals surface area contributed by atoms with Gasteiger partial charge in [-0.25, -0.2) is 13.8 Å². The van der Waals surface area contributed by atoms with E-state index in [1.54, 1.807) is 31.2 Å². The molecular weight excluding hydrogens is 410 g/mol. The van der Waals surface area contributed by atoms with E-state index in [0.717, 1.165) is 16.1 Å². The predicted octanol–water partition coefficient (Wildman–Crippen LogP) is 3.94. The molecular formula is C21H26ClN3O3S. The Bertz CT molecular complexity index is 993. The molecule has 29 heavy (non-hydrogen) atoms. The third kappa shape index (κ3) is 6.58. The molecule has 2 aromatic carbocycles. The van der Waals surface area contributed by atoms with Crippen LogP contribution in [0.5, 0.6) is 0 Å². The predicted molar refractivity (Wildman–Crippen MR) is 119 cm³/mol. The second-order valence-electron chi connectivity index (χ2n) is 7.81. The number of hydrazone groups is 1. The zero-order valence-corrected chi connectivity index (χ0v) is 18.8. The van der Waals surface area contributed by atoms with Crippen LogP contribution in [0.15, 0.2) is 53.6 Å². The maximum Gasteiger partial charge on any atom is 0.260 e. The second-order valence-corrected chi connectivity index (χ2v) is 10.1. The van der Waals surface area contributed by atoms with Crippen LogP contribution in [0.4, 0.5) is 5.69 Å². The zero-order valence-electron chi connectivity index (χ0n) is 17.2. The van der Waals surface area contributed by atoms with Gasteiger partial charge < -0.3 is 0 Å². The third-order valence-electron chi connectivity index (χ3n) is 4.32. The van der Waals surface area contributed by atoms with Crippen LogP contribution in [0.1, 0.15) is 38.8 Å². The topological polar surface area (TPSA) is 78.8 Å². The average molecular weight is 436 g/mol. The Labute approximate surface area is 177 Å². The molecule has 8 heteroatoms. The summed E-state index contributed by atoms with van der Waals surface area (Å²) < 4.78 is 25.2. The SMILES string of the molecule is C/C(=N/NC(=O)CN(c1ccc(Cl)cc1)S(C)(=O)=O)c1ccc(C(C)(C)C)cc1. The van der Waals surface area contributed by atoms with Crippen LogP contribution in [0.3, 0.4) is 0 Å². The van der Waals surface area contributed by atoms with E-state index in [2.05, 4.69) is 31.3 Å². The minimum absolute atomic E-state index is 0.0502. The van der Waals surface area contributed by atoms with Crippen LogP contribution in [0.2, 0.25) is 5.02 Å². The van der Waals surface area contributed by atoms with Crippen LogP contribution < -0.4 is 9.73 Å². The van der Waals surface area contributed by atoms with E-state index in [4.69, 9.17) is 11.6 Å². The van der Waals surface area contributed by atoms with Crippen molar-refractivity contribution >= 4 is 38.9 Å². The quantitative estimate of drug-likeness (QED) is 0.551. The lowest BCUT2D eigenvalue weighted by atomic mass is 9.86. The molecule has 0 heterocycles. The van der Waals surface area contributed by atoms with Gasteiger partial charge in [-0.1, -0.05) is 56.6 Å². The molecule has 0 aliphatic rings. The maximum absolute atomic E-state index is 12.3. The van der Waals surface area contributed by atoms with E-state index in [9.17, 15) is 13.2 Å². The Kier molecular flexibility index (Phi) is 7.08. The van der Waals surface area contributed by atoms with Gasteiger partial charge in [0.05, 0.1) is 17.7 Å². The van der Waals surface area contributed by atoms with E-state index in [0.29, 0.717) is 16.4 Å². The van der Waals surface area contributed by atoms with Gasteiger partial charge in [0, 0.05) is 5.02 Å². The lowest BCUT2D eigenvalue weighted by Crippen LogP contribution is -2.39. The minimum Gasteiger partial charge on any atom is -0.271 e. The molecule has 6 nitrogen and oxygen atoms in total. The lowest BCUT2D eigenvalue weighted by molar-refractivity contribution is -0.119. The summed E-state index contributed by atoms with van der Waals surface area (Å²) in [6.07, 6.45) is 1.04. The highest BCUT2D eigenvalue weighted by Gasteiger charge is 2.20. The van der Waals surface area contributed by atoms with Crippen molar-refractivity contribution in [2.75, 3.05) is 17.1 Å². The number of halogens is 1. The largest absolute Gasteiger partial charge is 0.271 e.